The van der Waals surface area contributed by atoms with E-state index in [0.29, 0.717) is 0 Å². The number of nitrogen functional groups attached to an aromatic ring is 2. The van der Waals surface area contributed by atoms with Gasteiger partial charge in [-0.2, -0.15) is 0 Å². The lowest BCUT2D eigenvalue weighted by atomic mass is 9.77. The highest BCUT2D eigenvalue weighted by molar-refractivity contribution is 6.32. The van der Waals surface area contributed by atoms with Crippen LogP contribution in [0.25, 0.3) is 76.8 Å². The summed E-state index contributed by atoms with van der Waals surface area (Å²) in [5, 5.41) is 6.48. The van der Waals surface area contributed by atoms with Crippen molar-refractivity contribution in [3.8, 4) is 44.5 Å². The van der Waals surface area contributed by atoms with Crippen molar-refractivity contribution in [3.05, 3.63) is 158 Å². The normalized spacial score (nSPS) is 11.4. The van der Waals surface area contributed by atoms with E-state index in [9.17, 15) is 0 Å². The molecule has 0 aliphatic heterocycles. The van der Waals surface area contributed by atoms with E-state index in [1.165, 1.54) is 5.56 Å². The molecule has 8 aromatic rings. The van der Waals surface area contributed by atoms with E-state index < -0.39 is 0 Å². The number of fused-ring (bicyclic) bond motifs is 5. The first-order valence-electron chi connectivity index (χ1n) is 15.0. The van der Waals surface area contributed by atoms with Crippen LogP contribution in [0.1, 0.15) is 0 Å². The van der Waals surface area contributed by atoms with Gasteiger partial charge in [0.2, 0.25) is 0 Å². The van der Waals surface area contributed by atoms with Gasteiger partial charge in [-0.05, 0) is 67.2 Å². The van der Waals surface area contributed by atoms with Gasteiger partial charge in [-0.15, -0.1) is 0 Å². The molecule has 0 saturated carbocycles. The molecule has 0 unspecified atom stereocenters. The summed E-state index contributed by atoms with van der Waals surface area (Å²) in [6.45, 7) is 0. The molecule has 8 rings (SSSR count). The van der Waals surface area contributed by atoms with Crippen molar-refractivity contribution in [1.29, 1.82) is 0 Å². The Balaban J connectivity index is 1.74. The number of hydrogen-bond donors (Lipinski definition) is 2. The smallest absolute Gasteiger partial charge is 0.0407 e. The lowest BCUT2D eigenvalue weighted by molar-refractivity contribution is 1.57. The molecular weight excluding hydrogens is 532 g/mol. The number of benzene rings is 8. The highest BCUT2D eigenvalue weighted by Crippen LogP contribution is 2.54. The summed E-state index contributed by atoms with van der Waals surface area (Å²) in [6, 6.07) is 55.5. The van der Waals surface area contributed by atoms with Crippen molar-refractivity contribution in [2.45, 2.75) is 0 Å². The van der Waals surface area contributed by atoms with Crippen molar-refractivity contribution in [1.82, 2.24) is 0 Å². The van der Waals surface area contributed by atoms with Gasteiger partial charge in [0.1, 0.15) is 0 Å². The van der Waals surface area contributed by atoms with E-state index in [1.54, 1.807) is 0 Å². The Labute approximate surface area is 256 Å². The van der Waals surface area contributed by atoms with Gasteiger partial charge in [-0.1, -0.05) is 146 Å². The molecule has 0 saturated heterocycles. The second kappa shape index (κ2) is 10.4. The van der Waals surface area contributed by atoms with E-state index >= 15 is 0 Å². The fourth-order valence-corrected chi connectivity index (χ4v) is 6.90. The molecule has 2 heteroatoms. The molecule has 8 aromatic carbocycles. The number of anilines is 2. The lowest BCUT2D eigenvalue weighted by Crippen LogP contribution is -2.01. The van der Waals surface area contributed by atoms with E-state index in [0.717, 1.165) is 82.6 Å². The third-order valence-corrected chi connectivity index (χ3v) is 8.73. The monoisotopic (exact) mass is 562 g/mol. The minimum Gasteiger partial charge on any atom is -0.398 e. The molecule has 0 heterocycles. The second-order valence-corrected chi connectivity index (χ2v) is 11.3. The predicted molar refractivity (Wildman–Crippen MR) is 190 cm³/mol. The van der Waals surface area contributed by atoms with Crippen LogP contribution in [0.3, 0.4) is 0 Å². The Bertz CT molecular complexity index is 2310. The average molecular weight is 563 g/mol. The minimum absolute atomic E-state index is 0.746. The number of rotatable bonds is 4. The fraction of sp³-hybridized carbons (Fsp3) is 0. The maximum absolute atomic E-state index is 7.24. The molecule has 2 nitrogen and oxygen atoms in total. The second-order valence-electron chi connectivity index (χ2n) is 11.3. The molecule has 0 spiro atoms. The first kappa shape index (κ1) is 25.8. The van der Waals surface area contributed by atoms with E-state index in [-0.39, 0.29) is 0 Å². The van der Waals surface area contributed by atoms with Gasteiger partial charge in [-0.25, -0.2) is 0 Å². The molecule has 0 fully saturated rings. The van der Waals surface area contributed by atoms with Crippen LogP contribution in [-0.4, -0.2) is 0 Å². The van der Waals surface area contributed by atoms with Gasteiger partial charge >= 0.3 is 0 Å². The highest BCUT2D eigenvalue weighted by Gasteiger charge is 2.27. The quantitative estimate of drug-likeness (QED) is 0.166. The number of hydrogen-bond acceptors (Lipinski definition) is 2. The van der Waals surface area contributed by atoms with E-state index in [4.69, 9.17) is 11.5 Å². The largest absolute Gasteiger partial charge is 0.398 e. The minimum atomic E-state index is 0.746. The van der Waals surface area contributed by atoms with Crippen molar-refractivity contribution < 1.29 is 0 Å². The Morgan fingerprint density at radius 3 is 1.11 bits per heavy atom. The molecule has 4 N–H and O–H groups in total. The Hall–Kier alpha value is -5.86. The van der Waals surface area contributed by atoms with E-state index in [2.05, 4.69) is 152 Å². The zero-order chi connectivity index (χ0) is 29.6. The summed E-state index contributed by atoms with van der Waals surface area (Å²) >= 11 is 0. The molecule has 0 atom stereocenters. The standard InChI is InChI=1S/C42H30N2/c43-35-26-34-33(31-23-13-14-24-32(31)35)25-36(44)42-40(30-21-11-4-12-22-30)38(28-17-7-2-8-18-28)37(27-15-5-1-6-16-27)39(41(34)42)29-19-9-3-10-20-29/h1-26H,43-44H2. The molecule has 0 amide bonds. The van der Waals surface area contributed by atoms with Gasteiger partial charge < -0.3 is 11.5 Å². The molecule has 208 valence electrons. The van der Waals surface area contributed by atoms with Crippen molar-refractivity contribution in [2.24, 2.45) is 0 Å². The highest BCUT2D eigenvalue weighted by atomic mass is 14.6. The Morgan fingerprint density at radius 2 is 0.636 bits per heavy atom. The number of nitrogens with two attached hydrogens (primary N) is 2. The first-order valence-corrected chi connectivity index (χ1v) is 15.0. The molecular formula is C42H30N2. The maximum Gasteiger partial charge on any atom is 0.0407 e. The molecule has 0 aliphatic rings. The van der Waals surface area contributed by atoms with Crippen LogP contribution in [-0.2, 0) is 0 Å². The first-order chi connectivity index (χ1) is 21.7. The third kappa shape index (κ3) is 4.04. The fourth-order valence-electron chi connectivity index (χ4n) is 6.90. The third-order valence-electron chi connectivity index (χ3n) is 8.73. The zero-order valence-electron chi connectivity index (χ0n) is 24.2. The molecule has 44 heavy (non-hydrogen) atoms. The summed E-state index contributed by atoms with van der Waals surface area (Å²) in [6.07, 6.45) is 0. The van der Waals surface area contributed by atoms with Crippen LogP contribution in [0, 0.1) is 0 Å². The van der Waals surface area contributed by atoms with Crippen LogP contribution >= 0.6 is 0 Å². The summed E-state index contributed by atoms with van der Waals surface area (Å²) in [5.74, 6) is 0. The van der Waals surface area contributed by atoms with Gasteiger partial charge in [0.25, 0.3) is 0 Å². The Morgan fingerprint density at radius 1 is 0.273 bits per heavy atom. The predicted octanol–water partition coefficient (Wildman–Crippen LogP) is 11.0. The van der Waals surface area contributed by atoms with Crippen molar-refractivity contribution in [2.75, 3.05) is 11.5 Å². The molecule has 0 aliphatic carbocycles. The van der Waals surface area contributed by atoms with Crippen LogP contribution in [0.15, 0.2) is 158 Å². The zero-order valence-corrected chi connectivity index (χ0v) is 24.2. The molecule has 0 bridgehead atoms. The van der Waals surface area contributed by atoms with E-state index in [1.807, 2.05) is 6.07 Å². The van der Waals surface area contributed by atoms with Crippen LogP contribution < -0.4 is 11.5 Å². The van der Waals surface area contributed by atoms with Crippen molar-refractivity contribution in [3.63, 3.8) is 0 Å². The van der Waals surface area contributed by atoms with Gasteiger partial charge in [0.05, 0.1) is 0 Å². The van der Waals surface area contributed by atoms with Gasteiger partial charge in [0.15, 0.2) is 0 Å². The van der Waals surface area contributed by atoms with Crippen LogP contribution in [0.2, 0.25) is 0 Å². The summed E-state index contributed by atoms with van der Waals surface area (Å²) < 4.78 is 0. The average Bonchev–Trinajstić information content (AvgIpc) is 3.09. The summed E-state index contributed by atoms with van der Waals surface area (Å²) in [4.78, 5) is 0. The molecule has 0 radical (unpaired) electrons. The van der Waals surface area contributed by atoms with Crippen molar-refractivity contribution >= 4 is 43.7 Å². The SMILES string of the molecule is Nc1cc2c(cc(N)c3c(-c4ccccc4)c(-c4ccccc4)c(-c4ccccc4)c(-c4ccccc4)c32)c2ccccc12. The summed E-state index contributed by atoms with van der Waals surface area (Å²) in [7, 11) is 0. The van der Waals surface area contributed by atoms with Gasteiger partial charge in [-0.3, -0.25) is 0 Å². The maximum atomic E-state index is 7.24. The van der Waals surface area contributed by atoms with Gasteiger partial charge in [0, 0.05) is 33.1 Å². The summed E-state index contributed by atoms with van der Waals surface area (Å²) in [5.41, 5.74) is 24.7. The Kier molecular flexibility index (Phi) is 6.13. The molecule has 0 aromatic heterocycles. The topological polar surface area (TPSA) is 52.0 Å². The van der Waals surface area contributed by atoms with Crippen LogP contribution in [0.5, 0.6) is 0 Å². The lowest BCUT2D eigenvalue weighted by Gasteiger charge is -2.26. The van der Waals surface area contributed by atoms with Crippen LogP contribution in [0.4, 0.5) is 11.4 Å².